The van der Waals surface area contributed by atoms with E-state index in [1.165, 1.54) is 12.8 Å². The van der Waals surface area contributed by atoms with Crippen molar-refractivity contribution < 1.29 is 0 Å². The molecule has 0 spiro atoms. The second-order valence-corrected chi connectivity index (χ2v) is 5.68. The summed E-state index contributed by atoms with van der Waals surface area (Å²) in [5.41, 5.74) is 0. The van der Waals surface area contributed by atoms with Gasteiger partial charge in [0.1, 0.15) is 0 Å². The molecule has 2 nitrogen and oxygen atoms in total. The van der Waals surface area contributed by atoms with Crippen LogP contribution in [0.2, 0.25) is 0 Å². The highest BCUT2D eigenvalue weighted by molar-refractivity contribution is 4.79. The lowest BCUT2D eigenvalue weighted by molar-refractivity contribution is 0.133. The van der Waals surface area contributed by atoms with Crippen molar-refractivity contribution in [1.29, 1.82) is 0 Å². The predicted octanol–water partition coefficient (Wildman–Crippen LogP) is 3.13. The van der Waals surface area contributed by atoms with E-state index in [0.29, 0.717) is 24.0 Å². The molecule has 2 atom stereocenters. The quantitative estimate of drug-likeness (QED) is 0.686. The van der Waals surface area contributed by atoms with Gasteiger partial charge in [-0.05, 0) is 26.3 Å². The molecular formula is C14H32N2. The molecule has 0 bridgehead atoms. The van der Waals surface area contributed by atoms with E-state index in [0.717, 1.165) is 6.54 Å². The summed E-state index contributed by atoms with van der Waals surface area (Å²) in [5, 5.41) is 3.56. The molecule has 0 amide bonds. The Balaban J connectivity index is 4.28. The van der Waals surface area contributed by atoms with Gasteiger partial charge in [0.2, 0.25) is 0 Å². The molecule has 0 rings (SSSR count). The first-order valence-corrected chi connectivity index (χ1v) is 6.85. The molecule has 0 radical (unpaired) electrons. The molecule has 1 N–H and O–H groups in total. The van der Waals surface area contributed by atoms with E-state index in [1.807, 2.05) is 0 Å². The Morgan fingerprint density at radius 1 is 1.06 bits per heavy atom. The van der Waals surface area contributed by atoms with Crippen molar-refractivity contribution in [2.45, 2.75) is 72.5 Å². The van der Waals surface area contributed by atoms with Gasteiger partial charge in [-0.2, -0.15) is 0 Å². The van der Waals surface area contributed by atoms with Gasteiger partial charge in [-0.25, -0.2) is 0 Å². The van der Waals surface area contributed by atoms with E-state index in [4.69, 9.17) is 0 Å². The normalized spacial score (nSPS) is 16.1. The van der Waals surface area contributed by atoms with Crippen molar-refractivity contribution >= 4 is 0 Å². The van der Waals surface area contributed by atoms with Crippen molar-refractivity contribution in [2.75, 3.05) is 13.6 Å². The minimum absolute atomic E-state index is 0.580. The zero-order valence-corrected chi connectivity index (χ0v) is 12.4. The number of hydrogen-bond donors (Lipinski definition) is 1. The van der Waals surface area contributed by atoms with Crippen molar-refractivity contribution in [3.63, 3.8) is 0 Å². The van der Waals surface area contributed by atoms with Crippen molar-refractivity contribution in [1.82, 2.24) is 10.2 Å². The van der Waals surface area contributed by atoms with Crippen LogP contribution in [-0.4, -0.2) is 36.6 Å². The van der Waals surface area contributed by atoms with Crippen LogP contribution in [0.3, 0.4) is 0 Å². The Morgan fingerprint density at radius 3 is 2.00 bits per heavy atom. The van der Waals surface area contributed by atoms with Gasteiger partial charge in [0.05, 0.1) is 0 Å². The largest absolute Gasteiger partial charge is 0.313 e. The monoisotopic (exact) mass is 228 g/mol. The molecule has 0 aromatic heterocycles. The SMILES string of the molecule is CCCC(C)N(C)C(CNC(C)C)C(C)C. The molecule has 0 aromatic rings. The van der Waals surface area contributed by atoms with Gasteiger partial charge in [0, 0.05) is 24.7 Å². The van der Waals surface area contributed by atoms with E-state index in [9.17, 15) is 0 Å². The van der Waals surface area contributed by atoms with E-state index in [1.54, 1.807) is 0 Å². The lowest BCUT2D eigenvalue weighted by Gasteiger charge is -2.36. The molecule has 16 heavy (non-hydrogen) atoms. The standard InChI is InChI=1S/C14H32N2/c1-8-9-13(6)16(7)14(11(2)3)10-15-12(4)5/h11-15H,8-10H2,1-7H3. The van der Waals surface area contributed by atoms with Gasteiger partial charge in [-0.3, -0.25) is 4.90 Å². The predicted molar refractivity (Wildman–Crippen MR) is 73.9 cm³/mol. The lowest BCUT2D eigenvalue weighted by atomic mass is 10.00. The summed E-state index contributed by atoms with van der Waals surface area (Å²) in [6, 6.07) is 1.91. The third-order valence-corrected chi connectivity index (χ3v) is 3.43. The first kappa shape index (κ1) is 15.9. The smallest absolute Gasteiger partial charge is 0.0243 e. The summed E-state index contributed by atoms with van der Waals surface area (Å²) in [4.78, 5) is 2.55. The summed E-state index contributed by atoms with van der Waals surface area (Å²) >= 11 is 0. The van der Waals surface area contributed by atoms with Crippen LogP contribution in [0.5, 0.6) is 0 Å². The lowest BCUT2D eigenvalue weighted by Crippen LogP contribution is -2.48. The number of rotatable bonds is 8. The van der Waals surface area contributed by atoms with Crippen molar-refractivity contribution in [3.05, 3.63) is 0 Å². The van der Waals surface area contributed by atoms with E-state index < -0.39 is 0 Å². The highest BCUT2D eigenvalue weighted by Crippen LogP contribution is 2.14. The molecule has 0 aliphatic heterocycles. The summed E-state index contributed by atoms with van der Waals surface area (Å²) in [5.74, 6) is 0.704. The maximum Gasteiger partial charge on any atom is 0.0243 e. The topological polar surface area (TPSA) is 15.3 Å². The highest BCUT2D eigenvalue weighted by atomic mass is 15.2. The Labute approximate surface area is 103 Å². The maximum absolute atomic E-state index is 3.56. The molecule has 0 heterocycles. The first-order valence-electron chi connectivity index (χ1n) is 6.85. The second kappa shape index (κ2) is 8.08. The molecule has 0 saturated heterocycles. The molecule has 2 unspecified atom stereocenters. The second-order valence-electron chi connectivity index (χ2n) is 5.68. The van der Waals surface area contributed by atoms with E-state index in [-0.39, 0.29) is 0 Å². The number of hydrogen-bond acceptors (Lipinski definition) is 2. The van der Waals surface area contributed by atoms with E-state index >= 15 is 0 Å². The van der Waals surface area contributed by atoms with Crippen LogP contribution in [0, 0.1) is 5.92 Å². The van der Waals surface area contributed by atoms with Crippen LogP contribution in [0.15, 0.2) is 0 Å². The van der Waals surface area contributed by atoms with Crippen LogP contribution >= 0.6 is 0 Å². The third-order valence-electron chi connectivity index (χ3n) is 3.43. The maximum atomic E-state index is 3.56. The Morgan fingerprint density at radius 2 is 1.62 bits per heavy atom. The van der Waals surface area contributed by atoms with Gasteiger partial charge in [-0.15, -0.1) is 0 Å². The average molecular weight is 228 g/mol. The summed E-state index contributed by atoms with van der Waals surface area (Å²) < 4.78 is 0. The van der Waals surface area contributed by atoms with Crippen LogP contribution in [0.4, 0.5) is 0 Å². The molecule has 0 aliphatic rings. The Kier molecular flexibility index (Phi) is 8.04. The molecule has 98 valence electrons. The van der Waals surface area contributed by atoms with Gasteiger partial charge in [0.15, 0.2) is 0 Å². The average Bonchev–Trinajstić information content (AvgIpc) is 2.17. The third kappa shape index (κ3) is 5.86. The zero-order valence-electron chi connectivity index (χ0n) is 12.4. The molecule has 2 heteroatoms. The van der Waals surface area contributed by atoms with Crippen LogP contribution in [0.1, 0.15) is 54.4 Å². The van der Waals surface area contributed by atoms with Gasteiger partial charge < -0.3 is 5.32 Å². The van der Waals surface area contributed by atoms with Crippen molar-refractivity contribution in [3.8, 4) is 0 Å². The fourth-order valence-electron chi connectivity index (χ4n) is 2.15. The number of likely N-dealkylation sites (N-methyl/N-ethyl adjacent to an activating group) is 1. The molecule has 0 aliphatic carbocycles. The molecular weight excluding hydrogens is 196 g/mol. The molecule has 0 fully saturated rings. The van der Waals surface area contributed by atoms with Gasteiger partial charge >= 0.3 is 0 Å². The number of nitrogens with zero attached hydrogens (tertiary/aromatic N) is 1. The fraction of sp³-hybridized carbons (Fsp3) is 1.00. The zero-order chi connectivity index (χ0) is 12.7. The van der Waals surface area contributed by atoms with Crippen molar-refractivity contribution in [2.24, 2.45) is 5.92 Å². The summed E-state index contributed by atoms with van der Waals surface area (Å²) in [6.45, 7) is 14.8. The van der Waals surface area contributed by atoms with Crippen LogP contribution in [-0.2, 0) is 0 Å². The van der Waals surface area contributed by atoms with Gasteiger partial charge in [-0.1, -0.05) is 41.0 Å². The molecule has 0 saturated carbocycles. The van der Waals surface area contributed by atoms with Crippen LogP contribution < -0.4 is 5.32 Å². The van der Waals surface area contributed by atoms with Gasteiger partial charge in [0.25, 0.3) is 0 Å². The fourth-order valence-corrected chi connectivity index (χ4v) is 2.15. The summed E-state index contributed by atoms with van der Waals surface area (Å²) in [6.07, 6.45) is 2.56. The molecule has 0 aromatic carbocycles. The summed E-state index contributed by atoms with van der Waals surface area (Å²) in [7, 11) is 2.27. The minimum Gasteiger partial charge on any atom is -0.313 e. The number of nitrogens with one attached hydrogen (secondary N) is 1. The van der Waals surface area contributed by atoms with E-state index in [2.05, 4.69) is 58.8 Å². The minimum atomic E-state index is 0.580. The first-order chi connectivity index (χ1) is 7.40. The highest BCUT2D eigenvalue weighted by Gasteiger charge is 2.22. The Bertz CT molecular complexity index is 166. The Hall–Kier alpha value is -0.0800. The van der Waals surface area contributed by atoms with Crippen LogP contribution in [0.25, 0.3) is 0 Å².